The Morgan fingerprint density at radius 3 is 2.65 bits per heavy atom. The molecule has 1 saturated heterocycles. The van der Waals surface area contributed by atoms with E-state index in [9.17, 15) is 19.1 Å². The van der Waals surface area contributed by atoms with E-state index >= 15 is 0 Å². The third kappa shape index (κ3) is 3.55. The summed E-state index contributed by atoms with van der Waals surface area (Å²) in [5, 5.41) is 11.6. The van der Waals surface area contributed by atoms with Gasteiger partial charge in [0, 0.05) is 17.6 Å². The first-order valence-electron chi connectivity index (χ1n) is 6.21. The molecule has 0 radical (unpaired) electrons. The number of piperidine rings is 1. The molecule has 1 fully saturated rings. The van der Waals surface area contributed by atoms with Gasteiger partial charge in [-0.1, -0.05) is 15.9 Å². The molecule has 0 saturated carbocycles. The molecule has 1 aliphatic heterocycles. The van der Waals surface area contributed by atoms with E-state index in [1.54, 1.807) is 0 Å². The molecule has 108 valence electrons. The van der Waals surface area contributed by atoms with Crippen molar-refractivity contribution >= 4 is 33.4 Å². The number of anilines is 1. The molecule has 20 heavy (non-hydrogen) atoms. The molecule has 0 aromatic heterocycles. The third-order valence-corrected chi connectivity index (χ3v) is 3.62. The summed E-state index contributed by atoms with van der Waals surface area (Å²) >= 11 is 3.17. The summed E-state index contributed by atoms with van der Waals surface area (Å²) in [7, 11) is 0. The van der Waals surface area contributed by atoms with Gasteiger partial charge >= 0.3 is 11.8 Å². The van der Waals surface area contributed by atoms with Crippen LogP contribution >= 0.6 is 15.9 Å². The molecular weight excluding hydrogens is 331 g/mol. The van der Waals surface area contributed by atoms with Gasteiger partial charge in [-0.2, -0.15) is 0 Å². The molecule has 2 amide bonds. The van der Waals surface area contributed by atoms with Crippen molar-refractivity contribution in [3.05, 3.63) is 28.5 Å². The van der Waals surface area contributed by atoms with Crippen LogP contribution in [0.15, 0.2) is 22.7 Å². The second-order valence-corrected chi connectivity index (χ2v) is 5.52. The summed E-state index contributed by atoms with van der Waals surface area (Å²) in [5.74, 6) is -2.20. The fourth-order valence-corrected chi connectivity index (χ4v) is 2.34. The minimum atomic E-state index is -0.876. The molecule has 7 heteroatoms. The summed E-state index contributed by atoms with van der Waals surface area (Å²) in [6, 6.07) is 4.08. The summed E-state index contributed by atoms with van der Waals surface area (Å²) in [6.45, 7) is 0.656. The molecule has 0 aliphatic carbocycles. The lowest BCUT2D eigenvalue weighted by atomic mass is 10.1. The van der Waals surface area contributed by atoms with E-state index in [-0.39, 0.29) is 5.69 Å². The molecule has 0 spiro atoms. The van der Waals surface area contributed by atoms with Crippen molar-refractivity contribution in [1.82, 2.24) is 4.90 Å². The third-order valence-electron chi connectivity index (χ3n) is 3.12. The maximum Gasteiger partial charge on any atom is 0.313 e. The van der Waals surface area contributed by atoms with Crippen LogP contribution in [0.3, 0.4) is 0 Å². The zero-order valence-electron chi connectivity index (χ0n) is 10.6. The summed E-state index contributed by atoms with van der Waals surface area (Å²) < 4.78 is 14.1. The lowest BCUT2D eigenvalue weighted by Crippen LogP contribution is -2.45. The molecule has 0 bridgehead atoms. The second kappa shape index (κ2) is 6.32. The van der Waals surface area contributed by atoms with E-state index in [2.05, 4.69) is 21.2 Å². The van der Waals surface area contributed by atoms with Gasteiger partial charge in [-0.25, -0.2) is 4.39 Å². The first kappa shape index (κ1) is 14.9. The van der Waals surface area contributed by atoms with Crippen molar-refractivity contribution < 1.29 is 19.1 Å². The van der Waals surface area contributed by atoms with Gasteiger partial charge < -0.3 is 15.3 Å². The number of hydrogen-bond donors (Lipinski definition) is 2. The average Bonchev–Trinajstić information content (AvgIpc) is 2.43. The Morgan fingerprint density at radius 1 is 1.35 bits per heavy atom. The SMILES string of the molecule is O=C(Nc1cc(Br)ccc1F)C(=O)N1CCC(O)CC1. The van der Waals surface area contributed by atoms with E-state index in [1.807, 2.05) is 0 Å². The van der Waals surface area contributed by atoms with Gasteiger partial charge in [0.25, 0.3) is 0 Å². The Balaban J connectivity index is 2.01. The van der Waals surface area contributed by atoms with Crippen LogP contribution in [0.5, 0.6) is 0 Å². The molecule has 2 N–H and O–H groups in total. The number of carbonyl (C=O) groups excluding carboxylic acids is 2. The number of rotatable bonds is 1. The Bertz CT molecular complexity index is 530. The summed E-state index contributed by atoms with van der Waals surface area (Å²) in [6.07, 6.45) is 0.471. The second-order valence-electron chi connectivity index (χ2n) is 4.60. The van der Waals surface area contributed by atoms with Gasteiger partial charge in [-0.3, -0.25) is 9.59 Å². The highest BCUT2D eigenvalue weighted by Crippen LogP contribution is 2.20. The van der Waals surface area contributed by atoms with Crippen molar-refractivity contribution in [3.8, 4) is 0 Å². The fraction of sp³-hybridized carbons (Fsp3) is 0.385. The maximum absolute atomic E-state index is 13.5. The lowest BCUT2D eigenvalue weighted by molar-refractivity contribution is -0.144. The standard InChI is InChI=1S/C13H14BrFN2O3/c14-8-1-2-10(15)11(7-8)16-12(19)13(20)17-5-3-9(18)4-6-17/h1-2,7,9,18H,3-6H2,(H,16,19). The van der Waals surface area contributed by atoms with E-state index in [1.165, 1.54) is 23.1 Å². The van der Waals surface area contributed by atoms with Crippen LogP contribution in [0.4, 0.5) is 10.1 Å². The highest BCUT2D eigenvalue weighted by molar-refractivity contribution is 9.10. The number of amides is 2. The number of benzene rings is 1. The number of hydrogen-bond acceptors (Lipinski definition) is 3. The molecule has 1 aromatic carbocycles. The molecule has 1 heterocycles. The van der Waals surface area contributed by atoms with Gasteiger partial charge in [-0.05, 0) is 31.0 Å². The van der Waals surface area contributed by atoms with E-state index in [0.717, 1.165) is 0 Å². The van der Waals surface area contributed by atoms with E-state index in [0.29, 0.717) is 30.4 Å². The number of nitrogens with one attached hydrogen (secondary N) is 1. The van der Waals surface area contributed by atoms with E-state index in [4.69, 9.17) is 0 Å². The first-order chi connectivity index (χ1) is 9.47. The van der Waals surface area contributed by atoms with Crippen molar-refractivity contribution in [2.45, 2.75) is 18.9 Å². The topological polar surface area (TPSA) is 69.6 Å². The highest BCUT2D eigenvalue weighted by atomic mass is 79.9. The average molecular weight is 345 g/mol. The van der Waals surface area contributed by atoms with Gasteiger partial charge in [0.15, 0.2) is 0 Å². The van der Waals surface area contributed by atoms with Crippen molar-refractivity contribution in [3.63, 3.8) is 0 Å². The van der Waals surface area contributed by atoms with Crippen LogP contribution in [-0.2, 0) is 9.59 Å². The van der Waals surface area contributed by atoms with Crippen LogP contribution in [0.25, 0.3) is 0 Å². The molecule has 0 atom stereocenters. The van der Waals surface area contributed by atoms with Gasteiger partial charge in [0.1, 0.15) is 5.82 Å². The van der Waals surface area contributed by atoms with E-state index < -0.39 is 23.7 Å². The highest BCUT2D eigenvalue weighted by Gasteiger charge is 2.26. The number of nitrogens with zero attached hydrogens (tertiary/aromatic N) is 1. The smallest absolute Gasteiger partial charge is 0.313 e. The molecular formula is C13H14BrFN2O3. The summed E-state index contributed by atoms with van der Waals surface area (Å²) in [5.41, 5.74) is -0.0465. The predicted octanol–water partition coefficient (Wildman–Crippen LogP) is 1.51. The number of aliphatic hydroxyl groups is 1. The van der Waals surface area contributed by atoms with Gasteiger partial charge in [-0.15, -0.1) is 0 Å². The molecule has 5 nitrogen and oxygen atoms in total. The van der Waals surface area contributed by atoms with Crippen molar-refractivity contribution in [1.29, 1.82) is 0 Å². The Hall–Kier alpha value is -1.47. The Morgan fingerprint density at radius 2 is 2.00 bits per heavy atom. The minimum Gasteiger partial charge on any atom is -0.393 e. The Kier molecular flexibility index (Phi) is 4.72. The van der Waals surface area contributed by atoms with Gasteiger partial charge in [0.2, 0.25) is 0 Å². The Labute approximate surface area is 123 Å². The lowest BCUT2D eigenvalue weighted by Gasteiger charge is -2.28. The fourth-order valence-electron chi connectivity index (χ4n) is 1.98. The van der Waals surface area contributed by atoms with Gasteiger partial charge in [0.05, 0.1) is 11.8 Å². The van der Waals surface area contributed by atoms with Crippen molar-refractivity contribution in [2.75, 3.05) is 18.4 Å². The number of likely N-dealkylation sites (tertiary alicyclic amines) is 1. The first-order valence-corrected chi connectivity index (χ1v) is 7.00. The predicted molar refractivity (Wildman–Crippen MR) is 74.6 cm³/mol. The molecule has 1 aliphatic rings. The van der Waals surface area contributed by atoms with Crippen LogP contribution < -0.4 is 5.32 Å². The summed E-state index contributed by atoms with van der Waals surface area (Å²) in [4.78, 5) is 25.1. The number of aliphatic hydroxyl groups excluding tert-OH is 1. The molecule has 0 unspecified atom stereocenters. The zero-order chi connectivity index (χ0) is 14.7. The quantitative estimate of drug-likeness (QED) is 0.758. The number of carbonyl (C=O) groups is 2. The normalized spacial score (nSPS) is 16.1. The van der Waals surface area contributed by atoms with Crippen LogP contribution in [0.1, 0.15) is 12.8 Å². The number of halogens is 2. The van der Waals surface area contributed by atoms with Crippen LogP contribution in [0, 0.1) is 5.82 Å². The molecule has 2 rings (SSSR count). The minimum absolute atomic E-state index is 0.0465. The maximum atomic E-state index is 13.5. The monoisotopic (exact) mass is 344 g/mol. The van der Waals surface area contributed by atoms with Crippen LogP contribution in [-0.4, -0.2) is 41.0 Å². The largest absolute Gasteiger partial charge is 0.393 e. The van der Waals surface area contributed by atoms with Crippen LogP contribution in [0.2, 0.25) is 0 Å². The van der Waals surface area contributed by atoms with Crippen molar-refractivity contribution in [2.24, 2.45) is 0 Å². The molecule has 1 aromatic rings. The zero-order valence-corrected chi connectivity index (χ0v) is 12.2.